The maximum atomic E-state index is 13.3. The lowest BCUT2D eigenvalue weighted by Crippen LogP contribution is -2.31. The maximum absolute atomic E-state index is 13.3. The average molecular weight is 394 g/mol. The Morgan fingerprint density at radius 2 is 2.19 bits per heavy atom. The number of nitrogens with one attached hydrogen (secondary N) is 1. The molecule has 0 bridgehead atoms. The molecular weight excluding hydrogens is 369 g/mol. The minimum Gasteiger partial charge on any atom is -0.342 e. The highest BCUT2D eigenvalue weighted by atomic mass is 33.1. The van der Waals surface area contributed by atoms with Crippen LogP contribution < -0.4 is 5.32 Å². The van der Waals surface area contributed by atoms with Gasteiger partial charge in [0.15, 0.2) is 0 Å². The highest BCUT2D eigenvalue weighted by molar-refractivity contribution is 8.77. The number of amides is 1. The molecule has 3 rings (SSSR count). The number of aromatic nitrogens is 2. The van der Waals surface area contributed by atoms with Gasteiger partial charge in [-0.2, -0.15) is 0 Å². The predicted molar refractivity (Wildman–Crippen MR) is 107 cm³/mol. The molecule has 1 saturated heterocycles. The van der Waals surface area contributed by atoms with Gasteiger partial charge in [0.05, 0.1) is 0 Å². The van der Waals surface area contributed by atoms with Crippen molar-refractivity contribution in [2.45, 2.75) is 43.4 Å². The lowest BCUT2D eigenvalue weighted by atomic mass is 10.0. The van der Waals surface area contributed by atoms with Gasteiger partial charge in [-0.05, 0) is 37.0 Å². The van der Waals surface area contributed by atoms with E-state index in [-0.39, 0.29) is 17.8 Å². The zero-order valence-electron chi connectivity index (χ0n) is 14.9. The van der Waals surface area contributed by atoms with Gasteiger partial charge in [-0.3, -0.25) is 4.79 Å². The van der Waals surface area contributed by atoms with Crippen LogP contribution in [0.25, 0.3) is 0 Å². The van der Waals surface area contributed by atoms with Crippen LogP contribution in [0.4, 0.5) is 4.39 Å². The monoisotopic (exact) mass is 393 g/mol. The average Bonchev–Trinajstić information content (AvgIpc) is 3.29. The van der Waals surface area contributed by atoms with Gasteiger partial charge in [-0.1, -0.05) is 40.1 Å². The zero-order valence-corrected chi connectivity index (χ0v) is 16.5. The molecule has 0 aliphatic carbocycles. The van der Waals surface area contributed by atoms with E-state index in [0.717, 1.165) is 29.5 Å². The number of unbranched alkanes of at least 4 members (excludes halogenated alkanes) is 1. The van der Waals surface area contributed by atoms with E-state index in [4.69, 9.17) is 0 Å². The second kappa shape index (κ2) is 9.46. The summed E-state index contributed by atoms with van der Waals surface area (Å²) < 4.78 is 15.1. The first-order valence-electron chi connectivity index (χ1n) is 8.94. The minimum atomic E-state index is -0.370. The van der Waals surface area contributed by atoms with Crippen molar-refractivity contribution in [1.82, 2.24) is 14.9 Å². The first-order valence-corrected chi connectivity index (χ1v) is 11.3. The third kappa shape index (κ3) is 5.27. The van der Waals surface area contributed by atoms with Crippen LogP contribution in [-0.4, -0.2) is 26.5 Å². The fourth-order valence-electron chi connectivity index (χ4n) is 3.06. The van der Waals surface area contributed by atoms with Gasteiger partial charge in [0.25, 0.3) is 0 Å². The predicted octanol–water partition coefficient (Wildman–Crippen LogP) is 4.48. The fourth-order valence-corrected chi connectivity index (χ4v) is 6.09. The number of hydrogen-bond donors (Lipinski definition) is 1. The molecule has 2 atom stereocenters. The van der Waals surface area contributed by atoms with Crippen LogP contribution in [0.5, 0.6) is 0 Å². The summed E-state index contributed by atoms with van der Waals surface area (Å²) in [4.78, 5) is 16.8. The Balaban J connectivity index is 1.57. The number of imidazole rings is 1. The van der Waals surface area contributed by atoms with Gasteiger partial charge < -0.3 is 9.88 Å². The summed E-state index contributed by atoms with van der Waals surface area (Å²) in [6.45, 7) is 0. The molecule has 2 heterocycles. The fraction of sp³-hybridized carbons (Fsp3) is 0.474. The van der Waals surface area contributed by atoms with Crippen LogP contribution in [0.15, 0.2) is 36.7 Å². The summed E-state index contributed by atoms with van der Waals surface area (Å²) in [6, 6.07) is 5.85. The summed E-state index contributed by atoms with van der Waals surface area (Å²) in [7, 11) is 5.83. The van der Waals surface area contributed by atoms with Crippen LogP contribution in [0, 0.1) is 5.82 Å². The Labute approximate surface area is 161 Å². The number of halogens is 1. The van der Waals surface area contributed by atoms with Crippen LogP contribution in [0.3, 0.4) is 0 Å². The Hall–Kier alpha value is -1.47. The largest absolute Gasteiger partial charge is 0.342 e. The van der Waals surface area contributed by atoms with Crippen molar-refractivity contribution in [1.29, 1.82) is 0 Å². The van der Waals surface area contributed by atoms with Crippen molar-refractivity contribution in [2.24, 2.45) is 7.05 Å². The van der Waals surface area contributed by atoms with Crippen molar-refractivity contribution < 1.29 is 9.18 Å². The molecule has 2 aromatic rings. The Morgan fingerprint density at radius 1 is 1.38 bits per heavy atom. The van der Waals surface area contributed by atoms with E-state index >= 15 is 0 Å². The summed E-state index contributed by atoms with van der Waals surface area (Å²) >= 11 is 0. The van der Waals surface area contributed by atoms with E-state index in [1.165, 1.54) is 30.7 Å². The van der Waals surface area contributed by atoms with Crippen molar-refractivity contribution in [3.63, 3.8) is 0 Å². The molecule has 1 fully saturated rings. The quantitative estimate of drug-likeness (QED) is 0.531. The number of carbonyl (C=O) groups excluding carboxylic acids is 1. The van der Waals surface area contributed by atoms with Crippen molar-refractivity contribution in [3.05, 3.63) is 53.9 Å². The molecule has 0 spiro atoms. The molecule has 0 saturated carbocycles. The second-order valence-corrected chi connectivity index (χ2v) is 9.31. The Bertz CT molecular complexity index is 714. The highest BCUT2D eigenvalue weighted by Gasteiger charge is 2.21. The van der Waals surface area contributed by atoms with Gasteiger partial charge in [-0.15, -0.1) is 0 Å². The molecule has 140 valence electrons. The van der Waals surface area contributed by atoms with E-state index in [1.807, 2.05) is 39.4 Å². The molecule has 0 radical (unpaired) electrons. The normalized spacial score (nSPS) is 18.0. The number of aryl methyl sites for hydroxylation is 1. The number of carbonyl (C=O) groups is 1. The molecule has 7 heteroatoms. The van der Waals surface area contributed by atoms with E-state index in [1.54, 1.807) is 18.3 Å². The maximum Gasteiger partial charge on any atom is 0.220 e. The van der Waals surface area contributed by atoms with Crippen molar-refractivity contribution >= 4 is 27.5 Å². The standard InChI is InChI=1S/C19H24FN3OS2/c1-23-12-11-21-19(23)18(14-6-8-15(20)9-7-14)22-17(24)5-3-2-4-16-10-13-25-26-16/h6-9,11-12,16,18H,2-5,10,13H2,1H3,(H,22,24). The third-order valence-corrected chi connectivity index (χ3v) is 7.54. The molecule has 2 unspecified atom stereocenters. The van der Waals surface area contributed by atoms with Crippen LogP contribution in [0.2, 0.25) is 0 Å². The molecule has 1 aliphatic heterocycles. The van der Waals surface area contributed by atoms with Crippen molar-refractivity contribution in [3.8, 4) is 0 Å². The zero-order chi connectivity index (χ0) is 18.4. The first kappa shape index (κ1) is 19.3. The number of benzene rings is 1. The molecule has 1 amide bonds. The smallest absolute Gasteiger partial charge is 0.220 e. The second-order valence-electron chi connectivity index (χ2n) is 6.52. The van der Waals surface area contributed by atoms with Gasteiger partial charge >= 0.3 is 0 Å². The summed E-state index contributed by atoms with van der Waals surface area (Å²) in [5, 5.41) is 3.82. The van der Waals surface area contributed by atoms with Crippen LogP contribution in [-0.2, 0) is 11.8 Å². The van der Waals surface area contributed by atoms with E-state index in [0.29, 0.717) is 6.42 Å². The Kier molecular flexibility index (Phi) is 7.02. The van der Waals surface area contributed by atoms with Gasteiger partial charge in [-0.25, -0.2) is 9.37 Å². The topological polar surface area (TPSA) is 46.9 Å². The van der Waals surface area contributed by atoms with E-state index < -0.39 is 0 Å². The first-order chi connectivity index (χ1) is 12.6. The lowest BCUT2D eigenvalue weighted by Gasteiger charge is -2.19. The lowest BCUT2D eigenvalue weighted by molar-refractivity contribution is -0.121. The molecule has 26 heavy (non-hydrogen) atoms. The SMILES string of the molecule is Cn1ccnc1C(NC(=O)CCCCC1CCSS1)c1ccc(F)cc1. The molecule has 1 N–H and O–H groups in total. The Morgan fingerprint density at radius 3 is 2.85 bits per heavy atom. The van der Waals surface area contributed by atoms with Crippen LogP contribution in [0.1, 0.15) is 49.5 Å². The molecular formula is C19H24FN3OS2. The molecule has 4 nitrogen and oxygen atoms in total. The summed E-state index contributed by atoms with van der Waals surface area (Å²) in [6.07, 6.45) is 8.50. The van der Waals surface area contributed by atoms with Gasteiger partial charge in [0, 0.05) is 36.9 Å². The van der Waals surface area contributed by atoms with Gasteiger partial charge in [0.2, 0.25) is 5.91 Å². The number of rotatable bonds is 8. The summed E-state index contributed by atoms with van der Waals surface area (Å²) in [5.41, 5.74) is 0.827. The minimum absolute atomic E-state index is 0.00998. The molecule has 1 aromatic heterocycles. The highest BCUT2D eigenvalue weighted by Crippen LogP contribution is 2.39. The van der Waals surface area contributed by atoms with Crippen LogP contribution >= 0.6 is 21.6 Å². The van der Waals surface area contributed by atoms with E-state index in [9.17, 15) is 9.18 Å². The number of hydrogen-bond acceptors (Lipinski definition) is 4. The third-order valence-electron chi connectivity index (χ3n) is 4.53. The molecule has 1 aromatic carbocycles. The van der Waals surface area contributed by atoms with Gasteiger partial charge in [0.1, 0.15) is 17.7 Å². The number of nitrogens with zero attached hydrogens (tertiary/aromatic N) is 2. The molecule has 1 aliphatic rings. The van der Waals surface area contributed by atoms with E-state index in [2.05, 4.69) is 10.3 Å². The summed E-state index contributed by atoms with van der Waals surface area (Å²) in [5.74, 6) is 1.71. The van der Waals surface area contributed by atoms with Crippen molar-refractivity contribution in [2.75, 3.05) is 5.75 Å².